The lowest BCUT2D eigenvalue weighted by Gasteiger charge is -2.23. The number of aliphatic hydroxyl groups excluding tert-OH is 1. The molecule has 1 unspecified atom stereocenters. The fourth-order valence-corrected chi connectivity index (χ4v) is 3.61. The number of amides is 1. The quantitative estimate of drug-likeness (QED) is 0.382. The number of hydrogen-bond acceptors (Lipinski definition) is 5. The first kappa shape index (κ1) is 19.5. The van der Waals surface area contributed by atoms with Gasteiger partial charge in [0, 0.05) is 17.3 Å². The number of carbonyl (C=O) groups is 2. The summed E-state index contributed by atoms with van der Waals surface area (Å²) < 4.78 is 11.3. The van der Waals surface area contributed by atoms with Gasteiger partial charge in [0.05, 0.1) is 12.2 Å². The number of rotatable bonds is 5. The zero-order valence-corrected chi connectivity index (χ0v) is 16.7. The summed E-state index contributed by atoms with van der Waals surface area (Å²) in [6, 6.07) is 18.2. The summed E-state index contributed by atoms with van der Waals surface area (Å²) in [6.07, 6.45) is 0. The van der Waals surface area contributed by atoms with Crippen LogP contribution in [0.25, 0.3) is 5.76 Å². The minimum absolute atomic E-state index is 0.0117. The van der Waals surface area contributed by atoms with E-state index in [9.17, 15) is 14.7 Å². The predicted molar refractivity (Wildman–Crippen MR) is 112 cm³/mol. The van der Waals surface area contributed by atoms with Crippen LogP contribution in [0.4, 0.5) is 5.69 Å². The van der Waals surface area contributed by atoms with E-state index in [1.54, 1.807) is 67.6 Å². The summed E-state index contributed by atoms with van der Waals surface area (Å²) in [7, 11) is 0. The molecule has 1 fully saturated rings. The van der Waals surface area contributed by atoms with Gasteiger partial charge in [0.2, 0.25) is 0 Å². The fourth-order valence-electron chi connectivity index (χ4n) is 3.61. The third-order valence-electron chi connectivity index (χ3n) is 4.93. The highest BCUT2D eigenvalue weighted by atomic mass is 16.5. The van der Waals surface area contributed by atoms with Crippen molar-refractivity contribution >= 4 is 23.1 Å². The molecule has 6 nitrogen and oxygen atoms in total. The first-order valence-corrected chi connectivity index (χ1v) is 9.67. The Balaban J connectivity index is 1.91. The van der Waals surface area contributed by atoms with E-state index in [2.05, 4.69) is 0 Å². The minimum atomic E-state index is -0.893. The number of Topliss-reactive ketones (excluding diaryl/α,β-unsaturated/α-hetero) is 1. The second-order valence-electron chi connectivity index (χ2n) is 6.91. The molecule has 2 heterocycles. The van der Waals surface area contributed by atoms with Gasteiger partial charge in [0.25, 0.3) is 11.7 Å². The van der Waals surface area contributed by atoms with Crippen LogP contribution in [0, 0.1) is 6.92 Å². The molecular formula is C24H21NO5. The zero-order chi connectivity index (χ0) is 21.3. The average Bonchev–Trinajstić information content (AvgIpc) is 3.30. The normalized spacial score (nSPS) is 18.1. The molecule has 0 radical (unpaired) electrons. The van der Waals surface area contributed by atoms with E-state index < -0.39 is 17.7 Å². The maximum absolute atomic E-state index is 13.1. The number of nitrogens with zero attached hydrogens (tertiary/aromatic N) is 1. The van der Waals surface area contributed by atoms with E-state index >= 15 is 0 Å². The molecule has 1 aliphatic rings. The predicted octanol–water partition coefficient (Wildman–Crippen LogP) is 4.61. The van der Waals surface area contributed by atoms with Crippen molar-refractivity contribution in [2.45, 2.75) is 19.9 Å². The highest BCUT2D eigenvalue weighted by Crippen LogP contribution is 2.43. The van der Waals surface area contributed by atoms with E-state index in [0.29, 0.717) is 35.1 Å². The number of aryl methyl sites for hydroxylation is 1. The monoisotopic (exact) mass is 403 g/mol. The molecule has 1 N–H and O–H groups in total. The molecule has 1 amide bonds. The van der Waals surface area contributed by atoms with Gasteiger partial charge in [0.1, 0.15) is 29.1 Å². The van der Waals surface area contributed by atoms with Crippen LogP contribution in [-0.4, -0.2) is 23.4 Å². The Labute approximate surface area is 174 Å². The summed E-state index contributed by atoms with van der Waals surface area (Å²) >= 11 is 0. The lowest BCUT2D eigenvalue weighted by molar-refractivity contribution is -0.132. The molecule has 3 aromatic rings. The molecule has 0 saturated carbocycles. The van der Waals surface area contributed by atoms with Crippen molar-refractivity contribution in [3.05, 3.63) is 89.4 Å². The van der Waals surface area contributed by atoms with Crippen LogP contribution in [0.1, 0.15) is 30.0 Å². The van der Waals surface area contributed by atoms with Crippen molar-refractivity contribution in [3.63, 3.8) is 0 Å². The Bertz CT molecular complexity index is 1130. The number of hydrogen-bond donors (Lipinski definition) is 1. The van der Waals surface area contributed by atoms with Gasteiger partial charge in [-0.3, -0.25) is 14.5 Å². The van der Waals surface area contributed by atoms with E-state index in [0.717, 1.165) is 0 Å². The van der Waals surface area contributed by atoms with Crippen molar-refractivity contribution in [1.82, 2.24) is 0 Å². The van der Waals surface area contributed by atoms with Crippen LogP contribution in [0.3, 0.4) is 0 Å². The number of ketones is 1. The highest BCUT2D eigenvalue weighted by Gasteiger charge is 2.48. The third-order valence-corrected chi connectivity index (χ3v) is 4.93. The molecule has 0 spiro atoms. The van der Waals surface area contributed by atoms with Crippen LogP contribution in [0.15, 0.2) is 76.7 Å². The van der Waals surface area contributed by atoms with Gasteiger partial charge in [-0.25, -0.2) is 0 Å². The first-order chi connectivity index (χ1) is 14.5. The van der Waals surface area contributed by atoms with Gasteiger partial charge in [-0.2, -0.15) is 0 Å². The van der Waals surface area contributed by atoms with E-state index in [4.69, 9.17) is 9.15 Å². The highest BCUT2D eigenvalue weighted by molar-refractivity contribution is 6.51. The standard InChI is InChI=1S/C24H21NO5/c1-3-29-18-11-7-10-17(14-18)25-21(19-13-12-15(2)30-19)20(23(27)24(25)28)22(26)16-8-5-4-6-9-16/h4-14,21,26H,3H2,1-2H3/b22-20-. The van der Waals surface area contributed by atoms with E-state index in [-0.39, 0.29) is 11.3 Å². The van der Waals surface area contributed by atoms with Crippen molar-refractivity contribution in [1.29, 1.82) is 0 Å². The summed E-state index contributed by atoms with van der Waals surface area (Å²) in [5.74, 6) is -0.132. The Morgan fingerprint density at radius 3 is 2.50 bits per heavy atom. The second-order valence-corrected chi connectivity index (χ2v) is 6.91. The SMILES string of the molecule is CCOc1cccc(N2C(=O)C(=O)/C(=C(\O)c3ccccc3)C2c2ccc(C)o2)c1. The molecule has 4 rings (SSSR count). The second kappa shape index (κ2) is 7.91. The Morgan fingerprint density at radius 2 is 1.83 bits per heavy atom. The topological polar surface area (TPSA) is 80.0 Å². The average molecular weight is 403 g/mol. The van der Waals surface area contributed by atoms with Crippen molar-refractivity contribution in [3.8, 4) is 5.75 Å². The summed E-state index contributed by atoms with van der Waals surface area (Å²) in [5, 5.41) is 11.0. The van der Waals surface area contributed by atoms with Crippen molar-refractivity contribution in [2.24, 2.45) is 0 Å². The molecular weight excluding hydrogens is 382 g/mol. The molecule has 1 saturated heterocycles. The van der Waals surface area contributed by atoms with Crippen LogP contribution in [0.2, 0.25) is 0 Å². The van der Waals surface area contributed by atoms with Crippen LogP contribution in [-0.2, 0) is 9.59 Å². The van der Waals surface area contributed by atoms with Crippen molar-refractivity contribution in [2.75, 3.05) is 11.5 Å². The van der Waals surface area contributed by atoms with E-state index in [1.165, 1.54) is 4.90 Å². The largest absolute Gasteiger partial charge is 0.507 e. The number of aliphatic hydroxyl groups is 1. The molecule has 0 bridgehead atoms. The fraction of sp³-hybridized carbons (Fsp3) is 0.167. The van der Waals surface area contributed by atoms with Gasteiger partial charge in [-0.15, -0.1) is 0 Å². The number of furan rings is 1. The molecule has 1 aromatic heterocycles. The van der Waals surface area contributed by atoms with Gasteiger partial charge >= 0.3 is 0 Å². The maximum atomic E-state index is 13.1. The Hall–Kier alpha value is -3.80. The molecule has 1 aliphatic heterocycles. The number of ether oxygens (including phenoxy) is 1. The van der Waals surface area contributed by atoms with Gasteiger partial charge in [-0.1, -0.05) is 36.4 Å². The van der Waals surface area contributed by atoms with Crippen LogP contribution in [0.5, 0.6) is 5.75 Å². The molecule has 30 heavy (non-hydrogen) atoms. The molecule has 2 aromatic carbocycles. The lowest BCUT2D eigenvalue weighted by atomic mass is 9.99. The Morgan fingerprint density at radius 1 is 1.07 bits per heavy atom. The zero-order valence-electron chi connectivity index (χ0n) is 16.7. The van der Waals surface area contributed by atoms with Gasteiger partial charge < -0.3 is 14.3 Å². The molecule has 152 valence electrons. The smallest absolute Gasteiger partial charge is 0.300 e. The van der Waals surface area contributed by atoms with Gasteiger partial charge in [0.15, 0.2) is 0 Å². The Kier molecular flexibility index (Phi) is 5.14. The maximum Gasteiger partial charge on any atom is 0.300 e. The van der Waals surface area contributed by atoms with Gasteiger partial charge in [-0.05, 0) is 38.1 Å². The lowest BCUT2D eigenvalue weighted by Crippen LogP contribution is -2.29. The molecule has 0 aliphatic carbocycles. The summed E-state index contributed by atoms with van der Waals surface area (Å²) in [4.78, 5) is 27.4. The van der Waals surface area contributed by atoms with E-state index in [1.807, 2.05) is 13.0 Å². The van der Waals surface area contributed by atoms with Crippen LogP contribution < -0.4 is 9.64 Å². The number of anilines is 1. The number of carbonyl (C=O) groups excluding carboxylic acids is 2. The third kappa shape index (κ3) is 3.37. The summed E-state index contributed by atoms with van der Waals surface area (Å²) in [6.45, 7) is 4.12. The van der Waals surface area contributed by atoms with Crippen molar-refractivity contribution < 1.29 is 23.8 Å². The summed E-state index contributed by atoms with van der Waals surface area (Å²) in [5.41, 5.74) is 0.920. The molecule has 6 heteroatoms. The minimum Gasteiger partial charge on any atom is -0.507 e. The van der Waals surface area contributed by atoms with Crippen LogP contribution >= 0.6 is 0 Å². The molecule has 1 atom stereocenters. The first-order valence-electron chi connectivity index (χ1n) is 9.67. The number of benzene rings is 2.